The third kappa shape index (κ3) is 20.8. The molecule has 8 aromatic rings. The van der Waals surface area contributed by atoms with Gasteiger partial charge in [0, 0.05) is 51.2 Å². The fraction of sp³-hybridized carbons (Fsp3) is 0.618. The number of ketones is 2. The van der Waals surface area contributed by atoms with Crippen molar-refractivity contribution in [1.82, 2.24) is 0 Å². The van der Waals surface area contributed by atoms with Crippen LogP contribution in [0.1, 0.15) is 431 Å². The summed E-state index contributed by atoms with van der Waals surface area (Å²) in [7, 11) is 0. The number of benzene rings is 4. The van der Waals surface area contributed by atoms with Crippen LogP contribution >= 0.6 is 45.3 Å². The third-order valence-electron chi connectivity index (χ3n) is 29.1. The van der Waals surface area contributed by atoms with Gasteiger partial charge in [-0.3, -0.25) is 9.59 Å². The molecule has 4 aliphatic carbocycles. The molecular weight excluding hydrogens is 1480 g/mol. The molecule has 12 rings (SSSR count). The van der Waals surface area contributed by atoms with Gasteiger partial charge in [-0.15, -0.1) is 45.3 Å². The summed E-state index contributed by atoms with van der Waals surface area (Å²) in [5, 5.41) is 0. The van der Waals surface area contributed by atoms with Crippen LogP contribution in [0.25, 0.3) is 73.1 Å². The number of hydrogen-bond donors (Lipinski definition) is 0. The van der Waals surface area contributed by atoms with Crippen molar-refractivity contribution in [3.8, 4) is 73.1 Å². The van der Waals surface area contributed by atoms with Crippen LogP contribution in [0.5, 0.6) is 0 Å². The molecular formula is C110H154O2S4. The molecule has 0 fully saturated rings. The minimum Gasteiger partial charge on any atom is -0.293 e. The number of fused-ring (bicyclic) bond motifs is 12. The molecule has 630 valence electrons. The Morgan fingerprint density at radius 2 is 0.603 bits per heavy atom. The lowest BCUT2D eigenvalue weighted by Gasteiger charge is -2.38. The van der Waals surface area contributed by atoms with E-state index >= 15 is 9.59 Å². The lowest BCUT2D eigenvalue weighted by atomic mass is 9.63. The minimum absolute atomic E-state index is 0.125. The maximum absolute atomic E-state index is 17.3. The Hall–Kier alpha value is -4.98. The van der Waals surface area contributed by atoms with Crippen LogP contribution in [0, 0.1) is 49.4 Å². The average Bonchev–Trinajstić information content (AvgIpc) is 1.54. The van der Waals surface area contributed by atoms with Crippen LogP contribution in [0.4, 0.5) is 0 Å². The molecule has 4 unspecified atom stereocenters. The topological polar surface area (TPSA) is 34.1 Å². The molecule has 0 saturated heterocycles. The van der Waals surface area contributed by atoms with Crippen LogP contribution in [-0.4, -0.2) is 11.6 Å². The first-order chi connectivity index (χ1) is 56.0. The number of thiophene rings is 4. The maximum atomic E-state index is 17.3. The summed E-state index contributed by atoms with van der Waals surface area (Å²) in [5.41, 5.74) is 19.2. The molecule has 0 saturated carbocycles. The predicted molar refractivity (Wildman–Crippen MR) is 513 cm³/mol. The smallest absolute Gasteiger partial charge is 0.174 e. The number of hydrogen-bond acceptors (Lipinski definition) is 6. The number of carbonyl (C=O) groups is 2. The summed E-state index contributed by atoms with van der Waals surface area (Å²) in [6.45, 7) is 38.0. The van der Waals surface area contributed by atoms with Gasteiger partial charge >= 0.3 is 0 Å². The number of carbonyl (C=O) groups excluding carboxylic acids is 2. The van der Waals surface area contributed by atoms with Crippen molar-refractivity contribution in [2.24, 2.45) is 35.5 Å². The van der Waals surface area contributed by atoms with E-state index in [9.17, 15) is 0 Å². The highest BCUT2D eigenvalue weighted by atomic mass is 32.1. The molecule has 4 aliphatic rings. The standard InChI is InChI=1S/C110H154O2S4/c1-17-21-25-29-31-35-39-49-81(47-37-33-27-23-19-3)61-65-110(66-62-82(48-38-34-28-24-20-4)50-40-36-32-30-26-22-18-2)97-74-100(84-53-57-87-86-55-51-79(11)67-92(86)107(13,14)93(87)70-84)116-104(97)102-91(106(110)112)72-98(114-102)83-52-56-88-89-58-54-85(71-95(89)108(15,16)94(88)69-83)99-73-96-103(115-99)101-90(68-80(12)113-101)105(111)109(96,63-59-77(9)45-41-43-75(5)6)64-60-78(10)46-42-44-76(7)8/h51-58,67-78,81-82H,17-50,59-66H2,1-16H3. The second-order valence-corrected chi connectivity index (χ2v) is 44.4. The minimum atomic E-state index is -0.611. The summed E-state index contributed by atoms with van der Waals surface area (Å²) in [5.74, 6) is 4.63. The van der Waals surface area contributed by atoms with E-state index in [1.54, 1.807) is 0 Å². The number of unbranched alkanes of at least 4 members (excludes halogenated alkanes) is 20. The molecule has 4 aromatic carbocycles. The summed E-state index contributed by atoms with van der Waals surface area (Å²) >= 11 is 7.71. The van der Waals surface area contributed by atoms with E-state index in [1.807, 2.05) is 45.3 Å². The Kier molecular flexibility index (Phi) is 32.5. The molecule has 0 bridgehead atoms. The van der Waals surface area contributed by atoms with E-state index in [4.69, 9.17) is 0 Å². The number of aryl methyl sites for hydroxylation is 2. The van der Waals surface area contributed by atoms with Gasteiger partial charge in [-0.2, -0.15) is 0 Å². The highest BCUT2D eigenvalue weighted by Crippen LogP contribution is 2.61. The molecule has 4 heterocycles. The molecule has 0 aliphatic heterocycles. The van der Waals surface area contributed by atoms with Crippen LogP contribution in [0.15, 0.2) is 97.1 Å². The van der Waals surface area contributed by atoms with Crippen LogP contribution in [0.2, 0.25) is 0 Å². The normalized spacial score (nSPS) is 17.8. The SMILES string of the molecule is CCCCCCCCCC(CCCCCCC)CCC1(CCC(CCCCCCC)CCCCCCCCC)C(=O)c2cc(-c3ccc4c(c3)C(C)(C)c3cc(-c5cc6c(s5)-c5sc(C)cc5C(=O)C6(CCC(C)CCCC(C)C)CCC(C)CCCC(C)C)ccc3-4)sc2-c2sc(-c3ccc4c(c3)C(C)(C)c3cc(C)ccc3-4)cc21. The van der Waals surface area contributed by atoms with Gasteiger partial charge < -0.3 is 0 Å². The van der Waals surface area contributed by atoms with Crippen molar-refractivity contribution in [3.63, 3.8) is 0 Å². The van der Waals surface area contributed by atoms with Crippen molar-refractivity contribution in [2.75, 3.05) is 0 Å². The third-order valence-corrected chi connectivity index (χ3v) is 34.1. The summed E-state index contributed by atoms with van der Waals surface area (Å²) in [6.07, 6.45) is 52.7. The Morgan fingerprint density at radius 1 is 0.284 bits per heavy atom. The van der Waals surface area contributed by atoms with Gasteiger partial charge in [-0.05, 0) is 216 Å². The van der Waals surface area contributed by atoms with Gasteiger partial charge in [0.2, 0.25) is 0 Å². The zero-order valence-electron chi connectivity index (χ0n) is 75.8. The molecule has 0 spiro atoms. The fourth-order valence-electron chi connectivity index (χ4n) is 21.5. The monoisotopic (exact) mass is 1640 g/mol. The van der Waals surface area contributed by atoms with Crippen molar-refractivity contribution in [1.29, 1.82) is 0 Å². The highest BCUT2D eigenvalue weighted by Gasteiger charge is 2.51. The molecule has 0 radical (unpaired) electrons. The molecule has 4 aromatic heterocycles. The van der Waals surface area contributed by atoms with Crippen LogP contribution in [-0.2, 0) is 21.7 Å². The molecule has 6 heteroatoms. The van der Waals surface area contributed by atoms with E-state index < -0.39 is 10.8 Å². The van der Waals surface area contributed by atoms with Gasteiger partial charge in [0.05, 0.1) is 20.6 Å². The summed E-state index contributed by atoms with van der Waals surface area (Å²) in [6, 6.07) is 39.1. The number of rotatable bonds is 51. The lowest BCUT2D eigenvalue weighted by Crippen LogP contribution is -2.39. The quantitative estimate of drug-likeness (QED) is 0.0356. The Labute approximate surface area is 723 Å². The van der Waals surface area contributed by atoms with Gasteiger partial charge in [0.15, 0.2) is 11.6 Å². The van der Waals surface area contributed by atoms with E-state index in [-0.39, 0.29) is 10.8 Å². The van der Waals surface area contributed by atoms with Crippen molar-refractivity contribution < 1.29 is 9.59 Å². The second kappa shape index (κ2) is 41.7. The van der Waals surface area contributed by atoms with E-state index in [2.05, 4.69) is 208 Å². The Morgan fingerprint density at radius 3 is 0.983 bits per heavy atom. The predicted octanol–water partition coefficient (Wildman–Crippen LogP) is 36.6. The second-order valence-electron chi connectivity index (χ2n) is 40.0. The lowest BCUT2D eigenvalue weighted by molar-refractivity contribution is 0.0837. The molecule has 2 nitrogen and oxygen atoms in total. The Bertz CT molecular complexity index is 4440. The molecule has 116 heavy (non-hydrogen) atoms. The van der Waals surface area contributed by atoms with E-state index in [0.717, 1.165) is 62.5 Å². The number of Topliss-reactive ketones (excluding diaryl/α,β-unsaturated/α-hetero) is 2. The zero-order chi connectivity index (χ0) is 82.3. The largest absolute Gasteiger partial charge is 0.293 e. The zero-order valence-corrected chi connectivity index (χ0v) is 79.1. The van der Waals surface area contributed by atoms with Gasteiger partial charge in [-0.1, -0.05) is 375 Å². The summed E-state index contributed by atoms with van der Waals surface area (Å²) in [4.78, 5) is 43.3. The van der Waals surface area contributed by atoms with Crippen molar-refractivity contribution in [2.45, 2.75) is 402 Å². The summed E-state index contributed by atoms with van der Waals surface area (Å²) < 4.78 is 0. The van der Waals surface area contributed by atoms with E-state index in [0.29, 0.717) is 47.1 Å². The van der Waals surface area contributed by atoms with Crippen LogP contribution < -0.4 is 0 Å². The highest BCUT2D eigenvalue weighted by molar-refractivity contribution is 7.26. The molecule has 0 N–H and O–H groups in total. The first-order valence-corrected chi connectivity index (χ1v) is 51.4. The van der Waals surface area contributed by atoms with Crippen LogP contribution in [0.3, 0.4) is 0 Å². The van der Waals surface area contributed by atoms with E-state index in [1.165, 1.54) is 335 Å². The molecule has 4 atom stereocenters. The maximum Gasteiger partial charge on any atom is 0.174 e. The van der Waals surface area contributed by atoms with Gasteiger partial charge in [-0.25, -0.2) is 0 Å². The Balaban J connectivity index is 0.924. The fourth-order valence-corrected chi connectivity index (χ4v) is 26.5. The average molecular weight is 1640 g/mol. The van der Waals surface area contributed by atoms with Crippen molar-refractivity contribution >= 4 is 56.9 Å². The first kappa shape index (κ1) is 90.3. The van der Waals surface area contributed by atoms with Gasteiger partial charge in [0.25, 0.3) is 0 Å². The van der Waals surface area contributed by atoms with Crippen molar-refractivity contribution in [3.05, 3.63) is 152 Å². The van der Waals surface area contributed by atoms with Gasteiger partial charge in [0.1, 0.15) is 0 Å². The first-order valence-electron chi connectivity index (χ1n) is 48.2. The molecule has 0 amide bonds.